The zero-order valence-corrected chi connectivity index (χ0v) is 10.3. The van der Waals surface area contributed by atoms with Gasteiger partial charge in [0.15, 0.2) is 5.82 Å². The molecule has 2 aromatic heterocycles. The molecule has 7 heteroatoms. The van der Waals surface area contributed by atoms with Gasteiger partial charge in [-0.05, 0) is 20.8 Å². The minimum absolute atomic E-state index is 0.198. The van der Waals surface area contributed by atoms with Crippen LogP contribution in [0.25, 0.3) is 0 Å². The van der Waals surface area contributed by atoms with Crippen molar-refractivity contribution in [3.8, 4) is 0 Å². The van der Waals surface area contributed by atoms with Crippen LogP contribution in [0.5, 0.6) is 0 Å². The molecule has 2 aromatic rings. The molecule has 1 atom stereocenters. The molecule has 0 aromatic carbocycles. The molecule has 0 bridgehead atoms. The summed E-state index contributed by atoms with van der Waals surface area (Å²) in [7, 11) is 0. The number of hydrogen-bond acceptors (Lipinski definition) is 6. The van der Waals surface area contributed by atoms with Crippen molar-refractivity contribution in [2.45, 2.75) is 33.4 Å². The number of aromatic nitrogens is 5. The van der Waals surface area contributed by atoms with Gasteiger partial charge in [0, 0.05) is 10.9 Å². The molecule has 0 amide bonds. The smallest absolute Gasteiger partial charge is 0.188 e. The van der Waals surface area contributed by atoms with Gasteiger partial charge in [-0.15, -0.1) is 21.5 Å². The van der Waals surface area contributed by atoms with Gasteiger partial charge in [0.2, 0.25) is 0 Å². The van der Waals surface area contributed by atoms with Crippen LogP contribution in [0.1, 0.15) is 34.4 Å². The number of aromatic amines is 1. The van der Waals surface area contributed by atoms with Crippen LogP contribution < -0.4 is 5.32 Å². The Labute approximate surface area is 97.5 Å². The van der Waals surface area contributed by atoms with Gasteiger partial charge in [-0.2, -0.15) is 5.21 Å². The first kappa shape index (κ1) is 11.2. The molecule has 2 heterocycles. The Morgan fingerprint density at radius 2 is 2.25 bits per heavy atom. The van der Waals surface area contributed by atoms with Gasteiger partial charge in [0.25, 0.3) is 0 Å². The maximum absolute atomic E-state index is 4.50. The van der Waals surface area contributed by atoms with Crippen molar-refractivity contribution in [1.82, 2.24) is 30.9 Å². The van der Waals surface area contributed by atoms with E-state index in [2.05, 4.69) is 44.8 Å². The number of aryl methyl sites for hydroxylation is 2. The van der Waals surface area contributed by atoms with Crippen molar-refractivity contribution in [1.29, 1.82) is 0 Å². The fraction of sp³-hybridized carbons (Fsp3) is 0.556. The molecule has 1 unspecified atom stereocenters. The Balaban J connectivity index is 1.98. The summed E-state index contributed by atoms with van der Waals surface area (Å²) in [6, 6.07) is 0.198. The highest BCUT2D eigenvalue weighted by Crippen LogP contribution is 2.22. The second-order valence-corrected chi connectivity index (χ2v) is 5.01. The lowest BCUT2D eigenvalue weighted by Gasteiger charge is -2.10. The molecule has 0 fully saturated rings. The van der Waals surface area contributed by atoms with Crippen LogP contribution in [0.15, 0.2) is 0 Å². The molecule has 0 aliphatic carbocycles. The van der Waals surface area contributed by atoms with Gasteiger partial charge in [-0.25, -0.2) is 4.98 Å². The Morgan fingerprint density at radius 3 is 2.81 bits per heavy atom. The molecular weight excluding hydrogens is 224 g/mol. The molecule has 0 aliphatic rings. The van der Waals surface area contributed by atoms with Crippen LogP contribution in [0.2, 0.25) is 0 Å². The Hall–Kier alpha value is -1.34. The fourth-order valence-electron chi connectivity index (χ4n) is 1.55. The van der Waals surface area contributed by atoms with E-state index in [-0.39, 0.29) is 6.04 Å². The van der Waals surface area contributed by atoms with Crippen LogP contribution in [0.4, 0.5) is 0 Å². The van der Waals surface area contributed by atoms with E-state index >= 15 is 0 Å². The molecule has 16 heavy (non-hydrogen) atoms. The summed E-state index contributed by atoms with van der Waals surface area (Å²) >= 11 is 1.72. The van der Waals surface area contributed by atoms with E-state index in [1.54, 1.807) is 11.3 Å². The first-order chi connectivity index (χ1) is 7.66. The van der Waals surface area contributed by atoms with Crippen molar-refractivity contribution in [3.63, 3.8) is 0 Å². The number of H-pyrrole nitrogens is 1. The number of rotatable bonds is 4. The lowest BCUT2D eigenvalue weighted by molar-refractivity contribution is 0.547. The molecule has 0 spiro atoms. The van der Waals surface area contributed by atoms with Crippen molar-refractivity contribution in [3.05, 3.63) is 21.4 Å². The van der Waals surface area contributed by atoms with Gasteiger partial charge in [-0.1, -0.05) is 5.21 Å². The predicted octanol–water partition coefficient (Wildman–Crippen LogP) is 1.12. The summed E-state index contributed by atoms with van der Waals surface area (Å²) in [4.78, 5) is 5.76. The second kappa shape index (κ2) is 4.67. The van der Waals surface area contributed by atoms with E-state index in [1.807, 2.05) is 6.92 Å². The quantitative estimate of drug-likeness (QED) is 0.834. The Morgan fingerprint density at radius 1 is 1.44 bits per heavy atom. The summed E-state index contributed by atoms with van der Waals surface area (Å²) in [5, 5.41) is 18.1. The lowest BCUT2D eigenvalue weighted by Crippen LogP contribution is -2.19. The number of thiazole rings is 1. The van der Waals surface area contributed by atoms with Crippen molar-refractivity contribution in [2.75, 3.05) is 0 Å². The molecule has 6 nitrogen and oxygen atoms in total. The van der Waals surface area contributed by atoms with Gasteiger partial charge >= 0.3 is 0 Å². The third-order valence-corrected chi connectivity index (χ3v) is 3.21. The molecule has 0 saturated heterocycles. The normalized spacial score (nSPS) is 12.9. The van der Waals surface area contributed by atoms with E-state index in [1.165, 1.54) is 4.88 Å². The summed E-state index contributed by atoms with van der Waals surface area (Å²) in [5.74, 6) is 0.663. The first-order valence-corrected chi connectivity index (χ1v) is 5.88. The molecule has 2 rings (SSSR count). The van der Waals surface area contributed by atoms with Crippen LogP contribution in [-0.2, 0) is 6.54 Å². The summed E-state index contributed by atoms with van der Waals surface area (Å²) in [6.07, 6.45) is 0. The maximum Gasteiger partial charge on any atom is 0.188 e. The number of nitrogens with zero attached hydrogens (tertiary/aromatic N) is 4. The third kappa shape index (κ3) is 2.42. The minimum Gasteiger partial charge on any atom is -0.302 e. The van der Waals surface area contributed by atoms with E-state index < -0.39 is 0 Å². The average Bonchev–Trinajstić information content (AvgIpc) is 2.84. The van der Waals surface area contributed by atoms with Crippen LogP contribution >= 0.6 is 11.3 Å². The lowest BCUT2D eigenvalue weighted by atomic mass is 10.2. The number of tetrazole rings is 1. The van der Waals surface area contributed by atoms with E-state index in [4.69, 9.17) is 0 Å². The van der Waals surface area contributed by atoms with E-state index in [0.717, 1.165) is 10.7 Å². The van der Waals surface area contributed by atoms with Gasteiger partial charge in [0.1, 0.15) is 0 Å². The second-order valence-electron chi connectivity index (χ2n) is 3.60. The average molecular weight is 238 g/mol. The SMILES string of the molecule is Cc1nc(C(C)NCc2nn[nH]n2)c(C)s1. The fourth-order valence-corrected chi connectivity index (χ4v) is 2.46. The predicted molar refractivity (Wildman–Crippen MR) is 61.0 cm³/mol. The highest BCUT2D eigenvalue weighted by atomic mass is 32.1. The summed E-state index contributed by atoms with van der Waals surface area (Å²) in [5.41, 5.74) is 1.10. The highest BCUT2D eigenvalue weighted by Gasteiger charge is 2.13. The molecule has 0 radical (unpaired) electrons. The van der Waals surface area contributed by atoms with Crippen LogP contribution in [0, 0.1) is 13.8 Å². The van der Waals surface area contributed by atoms with Gasteiger partial charge in [-0.3, -0.25) is 0 Å². The van der Waals surface area contributed by atoms with Crippen molar-refractivity contribution >= 4 is 11.3 Å². The Bertz CT molecular complexity index is 449. The minimum atomic E-state index is 0.198. The molecule has 0 aliphatic heterocycles. The van der Waals surface area contributed by atoms with Gasteiger partial charge < -0.3 is 5.32 Å². The molecule has 0 saturated carbocycles. The standard InChI is InChI=1S/C9H14N6S/c1-5(9-6(2)16-7(3)11-9)10-4-8-12-14-15-13-8/h5,10H,4H2,1-3H3,(H,12,13,14,15). The topological polar surface area (TPSA) is 79.4 Å². The third-order valence-electron chi connectivity index (χ3n) is 2.31. The largest absolute Gasteiger partial charge is 0.302 e. The van der Waals surface area contributed by atoms with Crippen molar-refractivity contribution < 1.29 is 0 Å². The molecule has 86 valence electrons. The van der Waals surface area contributed by atoms with Crippen LogP contribution in [0.3, 0.4) is 0 Å². The van der Waals surface area contributed by atoms with Crippen molar-refractivity contribution in [2.24, 2.45) is 0 Å². The summed E-state index contributed by atoms with van der Waals surface area (Å²) in [6.45, 7) is 6.79. The van der Waals surface area contributed by atoms with E-state index in [9.17, 15) is 0 Å². The number of nitrogens with one attached hydrogen (secondary N) is 2. The zero-order chi connectivity index (χ0) is 11.5. The Kier molecular flexibility index (Phi) is 3.25. The van der Waals surface area contributed by atoms with E-state index in [0.29, 0.717) is 12.4 Å². The molecular formula is C9H14N6S. The number of hydrogen-bond donors (Lipinski definition) is 2. The zero-order valence-electron chi connectivity index (χ0n) is 9.48. The highest BCUT2D eigenvalue weighted by molar-refractivity contribution is 7.11. The summed E-state index contributed by atoms with van der Waals surface area (Å²) < 4.78 is 0. The van der Waals surface area contributed by atoms with Gasteiger partial charge in [0.05, 0.1) is 17.2 Å². The van der Waals surface area contributed by atoms with Crippen LogP contribution in [-0.4, -0.2) is 25.6 Å². The first-order valence-electron chi connectivity index (χ1n) is 5.06. The maximum atomic E-state index is 4.50. The monoisotopic (exact) mass is 238 g/mol. The molecule has 2 N–H and O–H groups in total.